The summed E-state index contributed by atoms with van der Waals surface area (Å²) in [6.45, 7) is 2.25. The lowest BCUT2D eigenvalue weighted by Gasteiger charge is -2.28. The van der Waals surface area contributed by atoms with Crippen molar-refractivity contribution < 1.29 is 40.2 Å². The van der Waals surface area contributed by atoms with Crippen LogP contribution in [-0.2, 0) is 10.8 Å². The number of halogens is 7. The van der Waals surface area contributed by atoms with E-state index >= 15 is 0 Å². The molecule has 0 bridgehead atoms. The Labute approximate surface area is 155 Å². The van der Waals surface area contributed by atoms with Crippen LogP contribution in [-0.4, -0.2) is 6.61 Å². The molecule has 2 aromatic carbocycles. The van der Waals surface area contributed by atoms with Crippen molar-refractivity contribution in [3.8, 4) is 5.75 Å². The summed E-state index contributed by atoms with van der Waals surface area (Å²) in [5.74, 6) is -9.64. The van der Waals surface area contributed by atoms with Gasteiger partial charge in [0.1, 0.15) is 11.3 Å². The summed E-state index contributed by atoms with van der Waals surface area (Å²) >= 11 is 0. The molecular formula is C19H15F7O2. The third-order valence-electron chi connectivity index (χ3n) is 4.48. The Balaban J connectivity index is 1.89. The van der Waals surface area contributed by atoms with E-state index < -0.39 is 52.6 Å². The average molecular weight is 408 g/mol. The van der Waals surface area contributed by atoms with Crippen LogP contribution in [0.5, 0.6) is 5.75 Å². The summed E-state index contributed by atoms with van der Waals surface area (Å²) < 4.78 is 106. The first kappa shape index (κ1) is 20.4. The van der Waals surface area contributed by atoms with Gasteiger partial charge in [0.15, 0.2) is 29.1 Å². The van der Waals surface area contributed by atoms with Crippen molar-refractivity contribution in [1.82, 2.24) is 0 Å². The molecule has 0 aromatic heterocycles. The number of rotatable bonds is 4. The van der Waals surface area contributed by atoms with Crippen molar-refractivity contribution in [3.63, 3.8) is 0 Å². The van der Waals surface area contributed by atoms with Gasteiger partial charge in [0.25, 0.3) is 0 Å². The van der Waals surface area contributed by atoms with E-state index in [-0.39, 0.29) is 23.6 Å². The summed E-state index contributed by atoms with van der Waals surface area (Å²) in [4.78, 5) is 0. The van der Waals surface area contributed by atoms with Gasteiger partial charge in [-0.25, -0.2) is 22.0 Å². The molecule has 2 unspecified atom stereocenters. The molecule has 1 heterocycles. The molecule has 2 nitrogen and oxygen atoms in total. The lowest BCUT2D eigenvalue weighted by molar-refractivity contribution is -0.188. The van der Waals surface area contributed by atoms with Crippen LogP contribution in [0.25, 0.3) is 0 Å². The van der Waals surface area contributed by atoms with Crippen LogP contribution in [0.4, 0.5) is 30.7 Å². The summed E-state index contributed by atoms with van der Waals surface area (Å²) in [6, 6.07) is 1.92. The summed E-state index contributed by atoms with van der Waals surface area (Å²) in [7, 11) is 0. The Morgan fingerprint density at radius 3 is 2.14 bits per heavy atom. The minimum absolute atomic E-state index is 0.173. The molecular weight excluding hydrogens is 393 g/mol. The molecule has 2 aromatic rings. The highest BCUT2D eigenvalue weighted by Crippen LogP contribution is 2.38. The minimum atomic E-state index is -4.47. The second-order valence-electron chi connectivity index (χ2n) is 6.65. The highest BCUT2D eigenvalue weighted by Gasteiger charge is 2.40. The molecule has 0 amide bonds. The monoisotopic (exact) mass is 408 g/mol. The highest BCUT2D eigenvalue weighted by molar-refractivity contribution is 5.32. The molecule has 0 N–H and O–H groups in total. The van der Waals surface area contributed by atoms with Crippen molar-refractivity contribution >= 4 is 0 Å². The third kappa shape index (κ3) is 3.94. The maximum atomic E-state index is 14.4. The zero-order valence-corrected chi connectivity index (χ0v) is 14.5. The molecule has 152 valence electrons. The van der Waals surface area contributed by atoms with E-state index in [2.05, 4.69) is 4.74 Å². The number of benzene rings is 2. The predicted octanol–water partition coefficient (Wildman–Crippen LogP) is 6.00. The Kier molecular flexibility index (Phi) is 5.56. The number of hydrogen-bond acceptors (Lipinski definition) is 2. The molecule has 9 heteroatoms. The van der Waals surface area contributed by atoms with Crippen LogP contribution in [0.3, 0.4) is 0 Å². The number of ether oxygens (including phenoxy) is 2. The van der Waals surface area contributed by atoms with Gasteiger partial charge in [-0.3, -0.25) is 0 Å². The molecule has 2 atom stereocenters. The molecule has 28 heavy (non-hydrogen) atoms. The highest BCUT2D eigenvalue weighted by atomic mass is 19.3. The van der Waals surface area contributed by atoms with E-state index in [1.165, 1.54) is 0 Å². The lowest BCUT2D eigenvalue weighted by atomic mass is 9.94. The van der Waals surface area contributed by atoms with E-state index in [0.29, 0.717) is 25.5 Å². The van der Waals surface area contributed by atoms with Crippen LogP contribution in [0.15, 0.2) is 24.3 Å². The van der Waals surface area contributed by atoms with Crippen LogP contribution in [0.2, 0.25) is 0 Å². The maximum absolute atomic E-state index is 14.4. The number of hydrogen-bond donors (Lipinski definition) is 0. The first-order valence-electron chi connectivity index (χ1n) is 8.41. The van der Waals surface area contributed by atoms with Gasteiger partial charge in [-0.2, -0.15) is 8.78 Å². The van der Waals surface area contributed by atoms with E-state index in [4.69, 9.17) is 4.74 Å². The average Bonchev–Trinajstić information content (AvgIpc) is 2.62. The number of alkyl halides is 2. The smallest absolute Gasteiger partial charge is 0.429 e. The quantitative estimate of drug-likeness (QED) is 0.457. The summed E-state index contributed by atoms with van der Waals surface area (Å²) in [6.07, 6.45) is -4.14. The standard InChI is InChI=1S/C19H15F7O2/c1-9-2-5-15(27-8-9)11-3-4-12(17(23)16(11)22)19(25,26)28-10-6-13(20)18(24)14(21)7-10/h3-4,6-7,9,15H,2,5,8H2,1H3. The predicted molar refractivity (Wildman–Crippen MR) is 84.3 cm³/mol. The van der Waals surface area contributed by atoms with Gasteiger partial charge in [-0.1, -0.05) is 13.0 Å². The second kappa shape index (κ2) is 7.62. The van der Waals surface area contributed by atoms with Crippen molar-refractivity contribution in [3.05, 3.63) is 64.5 Å². The zero-order chi connectivity index (χ0) is 20.6. The molecule has 0 aliphatic carbocycles. The second-order valence-corrected chi connectivity index (χ2v) is 6.65. The van der Waals surface area contributed by atoms with E-state index in [1.807, 2.05) is 6.92 Å². The maximum Gasteiger partial charge on any atom is 0.429 e. The minimum Gasteiger partial charge on any atom is -0.429 e. The fourth-order valence-electron chi connectivity index (χ4n) is 2.96. The van der Waals surface area contributed by atoms with Crippen LogP contribution >= 0.6 is 0 Å². The molecule has 0 radical (unpaired) electrons. The van der Waals surface area contributed by atoms with Gasteiger partial charge in [0, 0.05) is 24.3 Å². The zero-order valence-electron chi connectivity index (χ0n) is 14.5. The third-order valence-corrected chi connectivity index (χ3v) is 4.48. The molecule has 1 fully saturated rings. The Morgan fingerprint density at radius 2 is 1.57 bits per heavy atom. The normalized spacial score (nSPS) is 20.3. The van der Waals surface area contributed by atoms with E-state index in [0.717, 1.165) is 6.07 Å². The first-order chi connectivity index (χ1) is 13.1. The molecule has 1 aliphatic rings. The Morgan fingerprint density at radius 1 is 0.929 bits per heavy atom. The molecule has 0 spiro atoms. The topological polar surface area (TPSA) is 18.5 Å². The van der Waals surface area contributed by atoms with Gasteiger partial charge < -0.3 is 9.47 Å². The fraction of sp³-hybridized carbons (Fsp3) is 0.368. The van der Waals surface area contributed by atoms with Crippen molar-refractivity contribution in [2.45, 2.75) is 32.0 Å². The molecule has 0 saturated carbocycles. The van der Waals surface area contributed by atoms with Crippen molar-refractivity contribution in [2.75, 3.05) is 6.61 Å². The van der Waals surface area contributed by atoms with Crippen molar-refractivity contribution in [2.24, 2.45) is 5.92 Å². The first-order valence-corrected chi connectivity index (χ1v) is 8.41. The van der Waals surface area contributed by atoms with Crippen LogP contribution in [0, 0.1) is 35.0 Å². The summed E-state index contributed by atoms with van der Waals surface area (Å²) in [5.41, 5.74) is -1.68. The van der Waals surface area contributed by atoms with Gasteiger partial charge in [0.05, 0.1) is 6.10 Å². The van der Waals surface area contributed by atoms with Crippen LogP contribution in [0.1, 0.15) is 37.0 Å². The van der Waals surface area contributed by atoms with Gasteiger partial charge in [-0.05, 0) is 24.8 Å². The fourth-order valence-corrected chi connectivity index (χ4v) is 2.96. The van der Waals surface area contributed by atoms with Crippen molar-refractivity contribution in [1.29, 1.82) is 0 Å². The SMILES string of the molecule is CC1CCC(c2ccc(C(F)(F)Oc3cc(F)c(F)c(F)c3)c(F)c2F)OC1. The molecule has 1 saturated heterocycles. The molecule has 1 aliphatic heterocycles. The van der Waals surface area contributed by atoms with Gasteiger partial charge in [-0.15, -0.1) is 0 Å². The van der Waals surface area contributed by atoms with E-state index in [9.17, 15) is 30.7 Å². The van der Waals surface area contributed by atoms with Crippen LogP contribution < -0.4 is 4.74 Å². The lowest BCUT2D eigenvalue weighted by Crippen LogP contribution is -2.25. The van der Waals surface area contributed by atoms with Gasteiger partial charge in [0.2, 0.25) is 0 Å². The van der Waals surface area contributed by atoms with Gasteiger partial charge >= 0.3 is 6.11 Å². The Hall–Kier alpha value is -2.29. The molecule has 3 rings (SSSR count). The summed E-state index contributed by atoms with van der Waals surface area (Å²) in [5, 5.41) is 0. The van der Waals surface area contributed by atoms with E-state index in [1.54, 1.807) is 0 Å². The largest absolute Gasteiger partial charge is 0.429 e. The Bertz CT molecular complexity index is 854.